The first-order chi connectivity index (χ1) is 15.5. The highest BCUT2D eigenvalue weighted by Crippen LogP contribution is 2.53. The molecule has 0 bridgehead atoms. The highest BCUT2D eigenvalue weighted by molar-refractivity contribution is 6.08. The second kappa shape index (κ2) is 8.83. The summed E-state index contributed by atoms with van der Waals surface area (Å²) in [4.78, 5) is 13.8. The Morgan fingerprint density at radius 3 is 1.66 bits per heavy atom. The first-order valence-electron chi connectivity index (χ1n) is 10.2. The standard InChI is InChI=1S/C26H26O6/c1-28-17-8-6-15(7-9-17)24-23(16-10-18(29-2)12-19(11-16)30-3)25-21(26(24)27)13-20(31-4)14-22(25)32-5/h6-14,23-24H,1-5H3/t23-,24+/m0/s1. The molecule has 166 valence electrons. The normalized spacial score (nSPS) is 17.0. The first-order valence-corrected chi connectivity index (χ1v) is 10.2. The minimum atomic E-state index is -0.450. The molecule has 0 saturated heterocycles. The zero-order valence-corrected chi connectivity index (χ0v) is 18.8. The van der Waals surface area contributed by atoms with Crippen molar-refractivity contribution in [2.24, 2.45) is 0 Å². The van der Waals surface area contributed by atoms with E-state index in [1.807, 2.05) is 48.5 Å². The number of methoxy groups -OCH3 is 5. The van der Waals surface area contributed by atoms with Crippen LogP contribution in [0, 0.1) is 0 Å². The van der Waals surface area contributed by atoms with Gasteiger partial charge in [0, 0.05) is 29.2 Å². The molecule has 0 fully saturated rings. The molecule has 3 aromatic rings. The number of ketones is 1. The number of rotatable bonds is 7. The Morgan fingerprint density at radius 1 is 0.562 bits per heavy atom. The largest absolute Gasteiger partial charge is 0.497 e. The van der Waals surface area contributed by atoms with Gasteiger partial charge in [-0.2, -0.15) is 0 Å². The summed E-state index contributed by atoms with van der Waals surface area (Å²) in [6.07, 6.45) is 0. The molecule has 1 aliphatic carbocycles. The second-order valence-corrected chi connectivity index (χ2v) is 7.53. The van der Waals surface area contributed by atoms with Gasteiger partial charge in [0.15, 0.2) is 5.78 Å². The average molecular weight is 434 g/mol. The van der Waals surface area contributed by atoms with Gasteiger partial charge in [-0.15, -0.1) is 0 Å². The average Bonchev–Trinajstić information content (AvgIpc) is 3.15. The van der Waals surface area contributed by atoms with Gasteiger partial charge in [-0.3, -0.25) is 4.79 Å². The molecule has 32 heavy (non-hydrogen) atoms. The van der Waals surface area contributed by atoms with E-state index in [1.54, 1.807) is 41.6 Å². The Balaban J connectivity index is 1.97. The third-order valence-electron chi connectivity index (χ3n) is 5.97. The predicted octanol–water partition coefficient (Wildman–Crippen LogP) is 4.84. The summed E-state index contributed by atoms with van der Waals surface area (Å²) >= 11 is 0. The van der Waals surface area contributed by atoms with Crippen LogP contribution < -0.4 is 23.7 Å². The Labute approximate surface area is 187 Å². The van der Waals surface area contributed by atoms with Crippen molar-refractivity contribution in [1.82, 2.24) is 0 Å². The van der Waals surface area contributed by atoms with E-state index >= 15 is 0 Å². The molecular weight excluding hydrogens is 408 g/mol. The highest BCUT2D eigenvalue weighted by atomic mass is 16.5. The molecule has 6 heteroatoms. The summed E-state index contributed by atoms with van der Waals surface area (Å²) in [6.45, 7) is 0. The van der Waals surface area contributed by atoms with E-state index in [0.717, 1.165) is 22.4 Å². The minimum Gasteiger partial charge on any atom is -0.497 e. The lowest BCUT2D eigenvalue weighted by Crippen LogP contribution is -2.13. The number of carbonyl (C=O) groups excluding carboxylic acids is 1. The molecule has 1 aliphatic rings. The zero-order chi connectivity index (χ0) is 22.8. The molecular formula is C26H26O6. The van der Waals surface area contributed by atoms with E-state index in [0.29, 0.717) is 28.6 Å². The molecule has 0 aliphatic heterocycles. The fraction of sp³-hybridized carbons (Fsp3) is 0.269. The van der Waals surface area contributed by atoms with Gasteiger partial charge < -0.3 is 23.7 Å². The summed E-state index contributed by atoms with van der Waals surface area (Å²) in [7, 11) is 8.01. The van der Waals surface area contributed by atoms with Crippen molar-refractivity contribution in [3.8, 4) is 28.7 Å². The van der Waals surface area contributed by atoms with Crippen molar-refractivity contribution in [3.63, 3.8) is 0 Å². The van der Waals surface area contributed by atoms with Crippen LogP contribution in [0.15, 0.2) is 54.6 Å². The van der Waals surface area contributed by atoms with Gasteiger partial charge in [0.2, 0.25) is 0 Å². The zero-order valence-electron chi connectivity index (χ0n) is 18.8. The number of hydrogen-bond donors (Lipinski definition) is 0. The summed E-state index contributed by atoms with van der Waals surface area (Å²) in [5.41, 5.74) is 3.21. The van der Waals surface area contributed by atoms with Crippen LogP contribution in [0.1, 0.15) is 38.9 Å². The summed E-state index contributed by atoms with van der Waals surface area (Å²) in [6, 6.07) is 16.9. The molecule has 0 N–H and O–H groups in total. The maximum absolute atomic E-state index is 13.8. The SMILES string of the molecule is COc1ccc([C@H]2C(=O)c3cc(OC)cc(OC)c3[C@H]2c2cc(OC)cc(OC)c2)cc1. The Morgan fingerprint density at radius 2 is 1.12 bits per heavy atom. The number of Topliss-reactive ketones (excluding diaryl/α,β-unsaturated/α-hetero) is 1. The van der Waals surface area contributed by atoms with Crippen LogP contribution in [0.5, 0.6) is 28.7 Å². The maximum Gasteiger partial charge on any atom is 0.171 e. The Kier molecular flexibility index (Phi) is 5.95. The third kappa shape index (κ3) is 3.62. The maximum atomic E-state index is 13.8. The monoisotopic (exact) mass is 434 g/mol. The molecule has 0 amide bonds. The van der Waals surface area contributed by atoms with Gasteiger partial charge in [-0.1, -0.05) is 12.1 Å². The van der Waals surface area contributed by atoms with E-state index in [4.69, 9.17) is 23.7 Å². The first kappa shape index (κ1) is 21.6. The summed E-state index contributed by atoms with van der Waals surface area (Å²) in [5.74, 6) is 2.48. The van der Waals surface area contributed by atoms with Crippen molar-refractivity contribution in [3.05, 3.63) is 76.9 Å². The van der Waals surface area contributed by atoms with Crippen LogP contribution in [0.4, 0.5) is 0 Å². The van der Waals surface area contributed by atoms with Gasteiger partial charge in [0.25, 0.3) is 0 Å². The van der Waals surface area contributed by atoms with Gasteiger partial charge in [0.05, 0.1) is 41.5 Å². The fourth-order valence-electron chi connectivity index (χ4n) is 4.42. The molecule has 0 heterocycles. The van der Waals surface area contributed by atoms with E-state index < -0.39 is 5.92 Å². The molecule has 0 aromatic heterocycles. The van der Waals surface area contributed by atoms with E-state index in [1.165, 1.54) is 0 Å². The van der Waals surface area contributed by atoms with Gasteiger partial charge in [0.1, 0.15) is 28.7 Å². The van der Waals surface area contributed by atoms with Crippen molar-refractivity contribution in [2.45, 2.75) is 11.8 Å². The molecule has 0 spiro atoms. The van der Waals surface area contributed by atoms with Gasteiger partial charge in [-0.25, -0.2) is 0 Å². The van der Waals surface area contributed by atoms with Crippen LogP contribution in [0.2, 0.25) is 0 Å². The van der Waals surface area contributed by atoms with Gasteiger partial charge in [-0.05, 0) is 41.5 Å². The minimum absolute atomic E-state index is 0.00848. The van der Waals surface area contributed by atoms with Crippen LogP contribution in [-0.4, -0.2) is 41.3 Å². The topological polar surface area (TPSA) is 63.2 Å². The van der Waals surface area contributed by atoms with E-state index in [9.17, 15) is 4.79 Å². The number of carbonyl (C=O) groups is 1. The summed E-state index contributed by atoms with van der Waals surface area (Å²) in [5, 5.41) is 0. The quantitative estimate of drug-likeness (QED) is 0.530. The lowest BCUT2D eigenvalue weighted by Gasteiger charge is -2.23. The van der Waals surface area contributed by atoms with Crippen molar-refractivity contribution < 1.29 is 28.5 Å². The van der Waals surface area contributed by atoms with Crippen molar-refractivity contribution in [2.75, 3.05) is 35.5 Å². The molecule has 0 saturated carbocycles. The highest BCUT2D eigenvalue weighted by Gasteiger charge is 2.44. The molecule has 2 atom stereocenters. The molecule has 4 rings (SSSR count). The number of benzene rings is 3. The predicted molar refractivity (Wildman–Crippen MR) is 121 cm³/mol. The Bertz CT molecular complexity index is 1110. The van der Waals surface area contributed by atoms with Crippen LogP contribution in [0.3, 0.4) is 0 Å². The van der Waals surface area contributed by atoms with Crippen molar-refractivity contribution >= 4 is 5.78 Å². The molecule has 0 radical (unpaired) electrons. The van der Waals surface area contributed by atoms with E-state index in [2.05, 4.69) is 0 Å². The Hall–Kier alpha value is -3.67. The number of ether oxygens (including phenoxy) is 5. The number of hydrogen-bond acceptors (Lipinski definition) is 6. The molecule has 3 aromatic carbocycles. The van der Waals surface area contributed by atoms with Crippen molar-refractivity contribution in [1.29, 1.82) is 0 Å². The number of fused-ring (bicyclic) bond motifs is 1. The van der Waals surface area contributed by atoms with Crippen LogP contribution in [0.25, 0.3) is 0 Å². The van der Waals surface area contributed by atoms with E-state index in [-0.39, 0.29) is 11.7 Å². The van der Waals surface area contributed by atoms with Crippen LogP contribution >= 0.6 is 0 Å². The van der Waals surface area contributed by atoms with Crippen LogP contribution in [-0.2, 0) is 0 Å². The second-order valence-electron chi connectivity index (χ2n) is 7.53. The molecule has 0 unspecified atom stereocenters. The summed E-state index contributed by atoms with van der Waals surface area (Å²) < 4.78 is 27.5. The van der Waals surface area contributed by atoms with Gasteiger partial charge >= 0.3 is 0 Å². The fourth-order valence-corrected chi connectivity index (χ4v) is 4.42. The lowest BCUT2D eigenvalue weighted by atomic mass is 9.81. The smallest absolute Gasteiger partial charge is 0.171 e. The lowest BCUT2D eigenvalue weighted by molar-refractivity contribution is 0.0968. The third-order valence-corrected chi connectivity index (χ3v) is 5.97. The molecule has 6 nitrogen and oxygen atoms in total.